The highest BCUT2D eigenvalue weighted by molar-refractivity contribution is 7.13. The predicted molar refractivity (Wildman–Crippen MR) is 110 cm³/mol. The number of carbonyl (C=O) groups is 1. The van der Waals surface area contributed by atoms with E-state index in [9.17, 15) is 9.90 Å². The Morgan fingerprint density at radius 3 is 1.96 bits per heavy atom. The third kappa shape index (κ3) is 3.84. The van der Waals surface area contributed by atoms with Crippen LogP contribution in [0.3, 0.4) is 0 Å². The Bertz CT molecular complexity index is 715. The van der Waals surface area contributed by atoms with Crippen molar-refractivity contribution in [2.45, 2.75) is 98.1 Å². The van der Waals surface area contributed by atoms with Gasteiger partial charge in [0.25, 0.3) is 0 Å². The molecule has 0 amide bonds. The van der Waals surface area contributed by atoms with Crippen molar-refractivity contribution in [2.24, 2.45) is 0 Å². The molecular formula is C20H33BO5S. The normalized spacial score (nSPS) is 21.3. The van der Waals surface area contributed by atoms with Gasteiger partial charge in [-0.3, -0.25) is 0 Å². The van der Waals surface area contributed by atoms with Crippen LogP contribution < -0.4 is 5.46 Å². The molecule has 5 nitrogen and oxygen atoms in total. The maximum atomic E-state index is 12.5. The highest BCUT2D eigenvalue weighted by Crippen LogP contribution is 2.42. The van der Waals surface area contributed by atoms with E-state index in [1.54, 1.807) is 11.3 Å². The highest BCUT2D eigenvalue weighted by Gasteiger charge is 2.56. The maximum Gasteiger partial charge on any atom is 0.496 e. The summed E-state index contributed by atoms with van der Waals surface area (Å²) < 4.78 is 18.8. The van der Waals surface area contributed by atoms with Crippen LogP contribution in [-0.4, -0.2) is 35.0 Å². The number of ether oxygens (including phenoxy) is 1. The quantitative estimate of drug-likeness (QED) is 0.757. The molecule has 1 saturated heterocycles. The summed E-state index contributed by atoms with van der Waals surface area (Å²) in [6, 6.07) is 0. The second kappa shape index (κ2) is 6.87. The van der Waals surface area contributed by atoms with Crippen molar-refractivity contribution in [1.29, 1.82) is 0 Å². The van der Waals surface area contributed by atoms with E-state index in [2.05, 4.69) is 0 Å². The number of thiophene rings is 1. The van der Waals surface area contributed by atoms with Crippen LogP contribution in [0.1, 0.15) is 77.1 Å². The smallest absolute Gasteiger partial charge is 0.479 e. The summed E-state index contributed by atoms with van der Waals surface area (Å²) >= 11 is 1.57. The third-order valence-electron chi connectivity index (χ3n) is 5.52. The van der Waals surface area contributed by atoms with Gasteiger partial charge in [-0.05, 0) is 68.7 Å². The zero-order valence-corrected chi connectivity index (χ0v) is 19.1. The second-order valence-electron chi connectivity index (χ2n) is 9.29. The summed E-state index contributed by atoms with van der Waals surface area (Å²) in [6.07, 6.45) is 0.309. The second-order valence-corrected chi connectivity index (χ2v) is 10.7. The van der Waals surface area contributed by atoms with Crippen molar-refractivity contribution in [3.63, 3.8) is 0 Å². The molecule has 1 N–H and O–H groups in total. The molecule has 1 unspecified atom stereocenters. The standard InChI is InChI=1S/C20H33BO5S/c1-11-20(16(22)23,24-17(4,5)6)14-12(2)27-13(3)15(14)21-25-18(7,8)19(9,10)26-21/h11H2,1-10H3,(H,22,23). The zero-order valence-electron chi connectivity index (χ0n) is 18.3. The SMILES string of the molecule is CCC(OC(C)(C)C)(C(=O)O)c1c(C)sc(C)c1B1OC(C)(C)C(C)(C)O1. The molecule has 0 radical (unpaired) electrons. The predicted octanol–water partition coefficient (Wildman–Crippen LogP) is 4.17. The molecule has 0 spiro atoms. The van der Waals surface area contributed by atoms with Gasteiger partial charge in [0.15, 0.2) is 5.60 Å². The van der Waals surface area contributed by atoms with Gasteiger partial charge in [0.2, 0.25) is 0 Å². The highest BCUT2D eigenvalue weighted by atomic mass is 32.1. The van der Waals surface area contributed by atoms with Crippen LogP contribution in [0.2, 0.25) is 0 Å². The summed E-state index contributed by atoms with van der Waals surface area (Å²) in [7, 11) is -0.621. The van der Waals surface area contributed by atoms with Gasteiger partial charge in [0.1, 0.15) is 0 Å². The van der Waals surface area contributed by atoms with Crippen LogP contribution in [0.4, 0.5) is 0 Å². The Balaban J connectivity index is 2.69. The third-order valence-corrected chi connectivity index (χ3v) is 6.56. The van der Waals surface area contributed by atoms with Gasteiger partial charge in [-0.15, -0.1) is 11.3 Å². The van der Waals surface area contributed by atoms with E-state index in [1.165, 1.54) is 0 Å². The Morgan fingerprint density at radius 2 is 1.59 bits per heavy atom. The molecule has 2 heterocycles. The van der Waals surface area contributed by atoms with E-state index < -0.39 is 35.5 Å². The van der Waals surface area contributed by atoms with E-state index in [1.807, 2.05) is 69.2 Å². The molecule has 2 rings (SSSR count). The van der Waals surface area contributed by atoms with Crippen molar-refractivity contribution in [3.05, 3.63) is 15.3 Å². The first kappa shape index (κ1) is 22.4. The summed E-state index contributed by atoms with van der Waals surface area (Å²) in [5.74, 6) is -0.987. The lowest BCUT2D eigenvalue weighted by molar-refractivity contribution is -0.188. The van der Waals surface area contributed by atoms with Gasteiger partial charge in [0, 0.05) is 20.8 Å². The molecule has 152 valence electrons. The van der Waals surface area contributed by atoms with Crippen LogP contribution >= 0.6 is 11.3 Å². The van der Waals surface area contributed by atoms with Crippen molar-refractivity contribution >= 4 is 29.9 Å². The summed E-state index contributed by atoms with van der Waals surface area (Å²) in [5.41, 5.74) is -1.60. The molecule has 1 aliphatic rings. The first-order chi connectivity index (χ1) is 12.1. The average molecular weight is 396 g/mol. The van der Waals surface area contributed by atoms with Gasteiger partial charge in [-0.25, -0.2) is 4.79 Å². The van der Waals surface area contributed by atoms with E-state index in [-0.39, 0.29) is 0 Å². The number of aliphatic carboxylic acids is 1. The molecule has 0 saturated carbocycles. The molecule has 1 aromatic rings. The van der Waals surface area contributed by atoms with Gasteiger partial charge in [-0.2, -0.15) is 0 Å². The molecule has 0 aromatic carbocycles. The van der Waals surface area contributed by atoms with Crippen molar-refractivity contribution in [1.82, 2.24) is 0 Å². The number of rotatable bonds is 5. The monoisotopic (exact) mass is 396 g/mol. The maximum absolute atomic E-state index is 12.5. The zero-order chi connectivity index (χ0) is 21.0. The van der Waals surface area contributed by atoms with Crippen LogP contribution in [0, 0.1) is 13.8 Å². The molecule has 7 heteroatoms. The molecule has 1 aromatic heterocycles. The minimum absolute atomic E-state index is 0.309. The Kier molecular flexibility index (Phi) is 5.70. The van der Waals surface area contributed by atoms with Crippen LogP contribution in [0.25, 0.3) is 0 Å². The number of aryl methyl sites for hydroxylation is 2. The van der Waals surface area contributed by atoms with E-state index in [4.69, 9.17) is 14.0 Å². The van der Waals surface area contributed by atoms with Crippen LogP contribution in [-0.2, 0) is 24.4 Å². The first-order valence-electron chi connectivity index (χ1n) is 9.47. The van der Waals surface area contributed by atoms with E-state index >= 15 is 0 Å². The fourth-order valence-electron chi connectivity index (χ4n) is 3.57. The molecule has 1 atom stereocenters. The lowest BCUT2D eigenvalue weighted by atomic mass is 9.71. The molecule has 0 aliphatic carbocycles. The van der Waals surface area contributed by atoms with Gasteiger partial charge in [-0.1, -0.05) is 6.92 Å². The van der Waals surface area contributed by atoms with Crippen molar-refractivity contribution < 1.29 is 23.9 Å². The Morgan fingerprint density at radius 1 is 1.11 bits per heavy atom. The number of hydrogen-bond acceptors (Lipinski definition) is 5. The molecule has 1 fully saturated rings. The Labute approximate surface area is 167 Å². The molecule has 27 heavy (non-hydrogen) atoms. The lowest BCUT2D eigenvalue weighted by Gasteiger charge is -2.37. The topological polar surface area (TPSA) is 65.0 Å². The minimum Gasteiger partial charge on any atom is -0.479 e. The van der Waals surface area contributed by atoms with Crippen molar-refractivity contribution in [2.75, 3.05) is 0 Å². The minimum atomic E-state index is -1.45. The van der Waals surface area contributed by atoms with Crippen LogP contribution in [0.5, 0.6) is 0 Å². The molecular weight excluding hydrogens is 363 g/mol. The fourth-order valence-corrected chi connectivity index (χ4v) is 4.72. The lowest BCUT2D eigenvalue weighted by Crippen LogP contribution is -2.50. The van der Waals surface area contributed by atoms with Crippen molar-refractivity contribution in [3.8, 4) is 0 Å². The number of hydrogen-bond donors (Lipinski definition) is 1. The number of carboxylic acids is 1. The summed E-state index contributed by atoms with van der Waals surface area (Å²) in [6.45, 7) is 19.4. The van der Waals surface area contributed by atoms with Gasteiger partial charge < -0.3 is 19.2 Å². The molecule has 0 bridgehead atoms. The number of carboxylic acid groups (broad SMARTS) is 1. The van der Waals surface area contributed by atoms with Crippen LogP contribution in [0.15, 0.2) is 0 Å². The largest absolute Gasteiger partial charge is 0.496 e. The average Bonchev–Trinajstić information content (AvgIpc) is 2.87. The van der Waals surface area contributed by atoms with Gasteiger partial charge in [0.05, 0.1) is 16.8 Å². The summed E-state index contributed by atoms with van der Waals surface area (Å²) in [4.78, 5) is 14.4. The molecule has 1 aliphatic heterocycles. The van der Waals surface area contributed by atoms with E-state index in [0.717, 1.165) is 15.2 Å². The van der Waals surface area contributed by atoms with E-state index in [0.29, 0.717) is 12.0 Å². The summed E-state index contributed by atoms with van der Waals surface area (Å²) in [5, 5.41) is 10.2. The Hall–Kier alpha value is -0.885. The fraction of sp³-hybridized carbons (Fsp3) is 0.750. The first-order valence-corrected chi connectivity index (χ1v) is 10.3. The van der Waals surface area contributed by atoms with Gasteiger partial charge >= 0.3 is 13.1 Å².